The third-order valence-corrected chi connectivity index (χ3v) is 6.45. The van der Waals surface area contributed by atoms with Gasteiger partial charge in [-0.15, -0.1) is 0 Å². The van der Waals surface area contributed by atoms with Crippen molar-refractivity contribution >= 4 is 28.5 Å². The molecule has 0 bridgehead atoms. The molecule has 0 saturated carbocycles. The third-order valence-electron chi connectivity index (χ3n) is 6.45. The zero-order chi connectivity index (χ0) is 20.7. The van der Waals surface area contributed by atoms with Crippen molar-refractivity contribution in [2.24, 2.45) is 0 Å². The number of hydrogen-bond acceptors (Lipinski definition) is 3. The quantitative estimate of drug-likeness (QED) is 0.690. The summed E-state index contributed by atoms with van der Waals surface area (Å²) in [5, 5.41) is 2.91. The van der Waals surface area contributed by atoms with E-state index in [9.17, 15) is 9.59 Å². The summed E-state index contributed by atoms with van der Waals surface area (Å²) in [5.41, 5.74) is 5.19. The number of aryl methyl sites for hydroxylation is 1. The Kier molecular flexibility index (Phi) is 4.77. The number of aromatic amines is 1. The highest BCUT2D eigenvalue weighted by molar-refractivity contribution is 6.03. The largest absolute Gasteiger partial charge is 0.343 e. The van der Waals surface area contributed by atoms with Crippen LogP contribution in [-0.4, -0.2) is 39.8 Å². The number of likely N-dealkylation sites (tertiary alicyclic amines) is 1. The molecule has 5 rings (SSSR count). The summed E-state index contributed by atoms with van der Waals surface area (Å²) in [6.07, 6.45) is 2.79. The smallest absolute Gasteiger partial charge is 0.232 e. The molecule has 154 valence electrons. The minimum Gasteiger partial charge on any atom is -0.343 e. The Morgan fingerprint density at radius 2 is 1.97 bits per heavy atom. The van der Waals surface area contributed by atoms with Gasteiger partial charge in [-0.25, -0.2) is 4.98 Å². The number of nitrogens with one attached hydrogen (secondary N) is 2. The average Bonchev–Trinajstić information content (AvgIpc) is 3.32. The molecule has 1 unspecified atom stereocenters. The number of amides is 2. The summed E-state index contributed by atoms with van der Waals surface area (Å²) in [5.74, 6) is 1.31. The first-order valence-electron chi connectivity index (χ1n) is 10.7. The number of anilines is 1. The van der Waals surface area contributed by atoms with E-state index in [1.165, 1.54) is 5.56 Å². The maximum Gasteiger partial charge on any atom is 0.232 e. The van der Waals surface area contributed by atoms with E-state index < -0.39 is 0 Å². The van der Waals surface area contributed by atoms with Gasteiger partial charge < -0.3 is 15.2 Å². The fourth-order valence-corrected chi connectivity index (χ4v) is 4.73. The minimum absolute atomic E-state index is 0.00262. The summed E-state index contributed by atoms with van der Waals surface area (Å²) in [4.78, 5) is 35.2. The number of piperidine rings is 1. The molecule has 1 fully saturated rings. The van der Waals surface area contributed by atoms with E-state index in [0.717, 1.165) is 54.0 Å². The van der Waals surface area contributed by atoms with Crippen molar-refractivity contribution in [3.8, 4) is 0 Å². The molecule has 2 aromatic carbocycles. The number of fused-ring (bicyclic) bond motifs is 2. The zero-order valence-corrected chi connectivity index (χ0v) is 17.1. The highest BCUT2D eigenvalue weighted by Crippen LogP contribution is 2.35. The second-order valence-corrected chi connectivity index (χ2v) is 8.47. The monoisotopic (exact) mass is 402 g/mol. The molecule has 6 nitrogen and oxygen atoms in total. The minimum atomic E-state index is -0.221. The molecule has 0 spiro atoms. The van der Waals surface area contributed by atoms with Gasteiger partial charge in [0.25, 0.3) is 0 Å². The standard InChI is InChI=1S/C24H26N4O2/c1-15-6-8-20-21(14-15)26-23(25-20)16-10-12-28(13-11-16)22(29)9-7-18-17-4-2-3-5-19(17)27-24(18)30/h2-6,8,14,16,18H,7,9-13H2,1H3,(H,25,26)(H,27,30). The van der Waals surface area contributed by atoms with Crippen molar-refractivity contribution in [3.63, 3.8) is 0 Å². The van der Waals surface area contributed by atoms with Gasteiger partial charge in [0.1, 0.15) is 5.82 Å². The van der Waals surface area contributed by atoms with Gasteiger partial charge >= 0.3 is 0 Å². The number of benzene rings is 2. The second-order valence-electron chi connectivity index (χ2n) is 8.47. The Morgan fingerprint density at radius 1 is 1.17 bits per heavy atom. The molecule has 0 aliphatic carbocycles. The average molecular weight is 402 g/mol. The fraction of sp³-hybridized carbons (Fsp3) is 0.375. The molecule has 6 heteroatoms. The fourth-order valence-electron chi connectivity index (χ4n) is 4.73. The van der Waals surface area contributed by atoms with E-state index in [1.807, 2.05) is 29.2 Å². The van der Waals surface area contributed by atoms with Gasteiger partial charge in [-0.2, -0.15) is 0 Å². The van der Waals surface area contributed by atoms with Crippen LogP contribution in [0.15, 0.2) is 42.5 Å². The molecular formula is C24H26N4O2. The molecule has 0 radical (unpaired) electrons. The molecule has 1 saturated heterocycles. The van der Waals surface area contributed by atoms with Crippen LogP contribution in [0.3, 0.4) is 0 Å². The number of hydrogen-bond donors (Lipinski definition) is 2. The molecular weight excluding hydrogens is 376 g/mol. The predicted molar refractivity (Wildman–Crippen MR) is 116 cm³/mol. The number of carbonyl (C=O) groups excluding carboxylic acids is 2. The molecule has 1 atom stereocenters. The van der Waals surface area contributed by atoms with Crippen LogP contribution in [0, 0.1) is 6.92 Å². The van der Waals surface area contributed by atoms with Crippen LogP contribution in [0.1, 0.15) is 54.5 Å². The van der Waals surface area contributed by atoms with Crippen molar-refractivity contribution < 1.29 is 9.59 Å². The molecule has 2 amide bonds. The number of imidazole rings is 1. The SMILES string of the molecule is Cc1ccc2nc(C3CCN(C(=O)CCC4C(=O)Nc5ccccc54)CC3)[nH]c2c1. The maximum atomic E-state index is 12.8. The Hall–Kier alpha value is -3.15. The van der Waals surface area contributed by atoms with Gasteiger partial charge in [0.15, 0.2) is 0 Å². The van der Waals surface area contributed by atoms with Crippen molar-refractivity contribution in [2.75, 3.05) is 18.4 Å². The lowest BCUT2D eigenvalue weighted by Crippen LogP contribution is -2.38. The Morgan fingerprint density at radius 3 is 2.80 bits per heavy atom. The van der Waals surface area contributed by atoms with Crippen LogP contribution in [0.2, 0.25) is 0 Å². The topological polar surface area (TPSA) is 78.1 Å². The molecule has 1 aromatic heterocycles. The Bertz CT molecular complexity index is 1110. The maximum absolute atomic E-state index is 12.8. The zero-order valence-electron chi connectivity index (χ0n) is 17.1. The lowest BCUT2D eigenvalue weighted by molar-refractivity contribution is -0.132. The highest BCUT2D eigenvalue weighted by Gasteiger charge is 2.31. The van der Waals surface area contributed by atoms with Crippen LogP contribution in [0.5, 0.6) is 0 Å². The predicted octanol–water partition coefficient (Wildman–Crippen LogP) is 4.09. The number of H-pyrrole nitrogens is 1. The van der Waals surface area contributed by atoms with Crippen molar-refractivity contribution in [1.82, 2.24) is 14.9 Å². The van der Waals surface area contributed by atoms with E-state index in [1.54, 1.807) is 0 Å². The summed E-state index contributed by atoms with van der Waals surface area (Å²) in [6.45, 7) is 3.57. The molecule has 2 aliphatic rings. The number of nitrogens with zero attached hydrogens (tertiary/aromatic N) is 2. The Balaban J connectivity index is 1.17. The summed E-state index contributed by atoms with van der Waals surface area (Å²) >= 11 is 0. The highest BCUT2D eigenvalue weighted by atomic mass is 16.2. The van der Waals surface area contributed by atoms with Crippen LogP contribution < -0.4 is 5.32 Å². The van der Waals surface area contributed by atoms with Gasteiger partial charge in [-0.05, 0) is 55.5 Å². The number of carbonyl (C=O) groups is 2. The first-order chi connectivity index (χ1) is 14.6. The number of aromatic nitrogens is 2. The van der Waals surface area contributed by atoms with E-state index in [4.69, 9.17) is 4.98 Å². The van der Waals surface area contributed by atoms with E-state index in [2.05, 4.69) is 35.4 Å². The third kappa shape index (κ3) is 3.47. The van der Waals surface area contributed by atoms with Gasteiger partial charge in [-0.1, -0.05) is 24.3 Å². The molecule has 2 aliphatic heterocycles. The first kappa shape index (κ1) is 18.9. The van der Waals surface area contributed by atoms with Crippen LogP contribution in [-0.2, 0) is 9.59 Å². The van der Waals surface area contributed by atoms with E-state index in [-0.39, 0.29) is 17.7 Å². The Labute approximate surface area is 175 Å². The van der Waals surface area contributed by atoms with Gasteiger partial charge in [0, 0.05) is 31.1 Å². The summed E-state index contributed by atoms with van der Waals surface area (Å²) in [6, 6.07) is 14.0. The van der Waals surface area contributed by atoms with Crippen molar-refractivity contribution in [3.05, 3.63) is 59.4 Å². The summed E-state index contributed by atoms with van der Waals surface area (Å²) in [7, 11) is 0. The second kappa shape index (κ2) is 7.59. The van der Waals surface area contributed by atoms with E-state index >= 15 is 0 Å². The van der Waals surface area contributed by atoms with Crippen LogP contribution >= 0.6 is 0 Å². The van der Waals surface area contributed by atoms with Gasteiger partial charge in [0.05, 0.1) is 17.0 Å². The lowest BCUT2D eigenvalue weighted by Gasteiger charge is -2.31. The molecule has 3 aromatic rings. The van der Waals surface area contributed by atoms with E-state index in [0.29, 0.717) is 18.8 Å². The first-order valence-corrected chi connectivity index (χ1v) is 10.7. The number of rotatable bonds is 4. The summed E-state index contributed by atoms with van der Waals surface area (Å²) < 4.78 is 0. The van der Waals surface area contributed by atoms with Crippen LogP contribution in [0.25, 0.3) is 11.0 Å². The molecule has 3 heterocycles. The normalized spacial score (nSPS) is 19.2. The van der Waals surface area contributed by atoms with Gasteiger partial charge in [0.2, 0.25) is 11.8 Å². The molecule has 30 heavy (non-hydrogen) atoms. The molecule has 2 N–H and O–H groups in total. The lowest BCUT2D eigenvalue weighted by atomic mass is 9.93. The van der Waals surface area contributed by atoms with Gasteiger partial charge in [-0.3, -0.25) is 9.59 Å². The number of para-hydroxylation sites is 1. The van der Waals surface area contributed by atoms with Crippen LogP contribution in [0.4, 0.5) is 5.69 Å². The van der Waals surface area contributed by atoms with Crippen molar-refractivity contribution in [1.29, 1.82) is 0 Å². The van der Waals surface area contributed by atoms with Crippen molar-refractivity contribution in [2.45, 2.75) is 44.4 Å².